The molecule has 0 saturated heterocycles. The first-order valence-corrected chi connectivity index (χ1v) is 7.34. The fourth-order valence-corrected chi connectivity index (χ4v) is 1.87. The smallest absolute Gasteiger partial charge is 0.236 e. The van der Waals surface area contributed by atoms with Gasteiger partial charge in [-0.2, -0.15) is 0 Å². The number of ether oxygens (including phenoxy) is 1. The third-order valence-corrected chi connectivity index (χ3v) is 3.17. The van der Waals surface area contributed by atoms with Crippen molar-refractivity contribution in [3.8, 4) is 5.75 Å². The van der Waals surface area contributed by atoms with E-state index in [4.69, 9.17) is 4.74 Å². The molecule has 0 aliphatic rings. The lowest BCUT2D eigenvalue weighted by atomic mass is 10.1. The first-order valence-electron chi connectivity index (χ1n) is 7.34. The highest BCUT2D eigenvalue weighted by Crippen LogP contribution is 2.14. The molecule has 0 spiro atoms. The second-order valence-corrected chi connectivity index (χ2v) is 4.89. The van der Waals surface area contributed by atoms with Crippen molar-refractivity contribution in [2.75, 3.05) is 20.2 Å². The van der Waals surface area contributed by atoms with Gasteiger partial charge < -0.3 is 15.4 Å². The molecule has 0 radical (unpaired) electrons. The molecule has 0 aliphatic heterocycles. The van der Waals surface area contributed by atoms with Crippen LogP contribution in [0, 0.1) is 0 Å². The highest BCUT2D eigenvalue weighted by molar-refractivity contribution is 5.80. The van der Waals surface area contributed by atoms with Crippen molar-refractivity contribution in [1.82, 2.24) is 10.6 Å². The van der Waals surface area contributed by atoms with Crippen LogP contribution >= 0.6 is 0 Å². The monoisotopic (exact) mass is 278 g/mol. The largest absolute Gasteiger partial charge is 0.494 e. The molecule has 1 rings (SSSR count). The van der Waals surface area contributed by atoms with Gasteiger partial charge in [0, 0.05) is 7.05 Å². The molecule has 1 aromatic rings. The molecule has 0 aliphatic carbocycles. The summed E-state index contributed by atoms with van der Waals surface area (Å²) in [6.45, 7) is 5.56. The molecule has 1 amide bonds. The summed E-state index contributed by atoms with van der Waals surface area (Å²) in [5.41, 5.74) is 1.22. The van der Waals surface area contributed by atoms with Gasteiger partial charge in [0.1, 0.15) is 5.75 Å². The van der Waals surface area contributed by atoms with Crippen LogP contribution in [0.4, 0.5) is 0 Å². The van der Waals surface area contributed by atoms with Crippen LogP contribution in [-0.4, -0.2) is 32.1 Å². The van der Waals surface area contributed by atoms with Gasteiger partial charge in [-0.15, -0.1) is 0 Å². The van der Waals surface area contributed by atoms with Gasteiger partial charge in [0.05, 0.1) is 12.6 Å². The Labute approximate surface area is 121 Å². The zero-order valence-corrected chi connectivity index (χ0v) is 12.7. The molecule has 1 aromatic carbocycles. The van der Waals surface area contributed by atoms with E-state index in [1.54, 1.807) is 7.05 Å². The molecule has 0 heterocycles. The molecule has 112 valence electrons. The standard InChI is InChI=1S/C16H26N2O2/c1-4-5-11-20-15-8-6-7-14(12-15)9-10-18-13(2)16(19)17-3/h6-8,12-13,18H,4-5,9-11H2,1-3H3,(H,17,19). The number of rotatable bonds is 9. The summed E-state index contributed by atoms with van der Waals surface area (Å²) in [6, 6.07) is 7.99. The molecule has 1 atom stereocenters. The van der Waals surface area contributed by atoms with E-state index >= 15 is 0 Å². The van der Waals surface area contributed by atoms with E-state index in [1.807, 2.05) is 19.1 Å². The second kappa shape index (κ2) is 9.37. The van der Waals surface area contributed by atoms with Crippen molar-refractivity contribution in [3.63, 3.8) is 0 Å². The maximum atomic E-state index is 11.4. The topological polar surface area (TPSA) is 50.4 Å². The number of nitrogens with one attached hydrogen (secondary N) is 2. The van der Waals surface area contributed by atoms with Crippen molar-refractivity contribution in [1.29, 1.82) is 0 Å². The third kappa shape index (κ3) is 6.06. The van der Waals surface area contributed by atoms with E-state index in [9.17, 15) is 4.79 Å². The van der Waals surface area contributed by atoms with Crippen LogP contribution in [0.5, 0.6) is 5.75 Å². The molecule has 1 unspecified atom stereocenters. The van der Waals surface area contributed by atoms with Crippen LogP contribution in [-0.2, 0) is 11.2 Å². The Bertz CT molecular complexity index is 407. The van der Waals surface area contributed by atoms with E-state index in [2.05, 4.69) is 29.7 Å². The Morgan fingerprint density at radius 1 is 1.40 bits per heavy atom. The van der Waals surface area contributed by atoms with Gasteiger partial charge in [0.15, 0.2) is 0 Å². The summed E-state index contributed by atoms with van der Waals surface area (Å²) in [4.78, 5) is 11.4. The number of amides is 1. The number of likely N-dealkylation sites (N-methyl/N-ethyl adjacent to an activating group) is 1. The molecule has 4 nitrogen and oxygen atoms in total. The van der Waals surface area contributed by atoms with E-state index in [0.717, 1.165) is 38.2 Å². The molecule has 0 bridgehead atoms. The SMILES string of the molecule is CCCCOc1cccc(CCNC(C)C(=O)NC)c1. The average Bonchev–Trinajstić information content (AvgIpc) is 2.47. The van der Waals surface area contributed by atoms with Crippen molar-refractivity contribution in [2.45, 2.75) is 39.2 Å². The fourth-order valence-electron chi connectivity index (χ4n) is 1.87. The molecule has 20 heavy (non-hydrogen) atoms. The first kappa shape index (κ1) is 16.5. The maximum absolute atomic E-state index is 11.4. The van der Waals surface area contributed by atoms with Gasteiger partial charge >= 0.3 is 0 Å². The van der Waals surface area contributed by atoms with Crippen molar-refractivity contribution < 1.29 is 9.53 Å². The number of hydrogen-bond donors (Lipinski definition) is 2. The number of carbonyl (C=O) groups excluding carboxylic acids is 1. The van der Waals surface area contributed by atoms with Gasteiger partial charge in [-0.25, -0.2) is 0 Å². The van der Waals surface area contributed by atoms with Crippen LogP contribution in [0.15, 0.2) is 24.3 Å². The Kier molecular flexibility index (Phi) is 7.73. The Balaban J connectivity index is 2.36. The van der Waals surface area contributed by atoms with Crippen molar-refractivity contribution >= 4 is 5.91 Å². The fraction of sp³-hybridized carbons (Fsp3) is 0.562. The lowest BCUT2D eigenvalue weighted by Gasteiger charge is -2.12. The van der Waals surface area contributed by atoms with Crippen molar-refractivity contribution in [3.05, 3.63) is 29.8 Å². The molecule has 0 saturated carbocycles. The van der Waals surface area contributed by atoms with Crippen molar-refractivity contribution in [2.24, 2.45) is 0 Å². The maximum Gasteiger partial charge on any atom is 0.236 e. The van der Waals surface area contributed by atoms with E-state index in [-0.39, 0.29) is 11.9 Å². The van der Waals surface area contributed by atoms with Gasteiger partial charge in [-0.1, -0.05) is 25.5 Å². The number of carbonyl (C=O) groups is 1. The van der Waals surface area contributed by atoms with Gasteiger partial charge in [0.25, 0.3) is 0 Å². The molecule has 2 N–H and O–H groups in total. The molecule has 4 heteroatoms. The van der Waals surface area contributed by atoms with Crippen LogP contribution in [0.1, 0.15) is 32.3 Å². The lowest BCUT2D eigenvalue weighted by molar-refractivity contribution is -0.122. The summed E-state index contributed by atoms with van der Waals surface area (Å²) in [5.74, 6) is 0.942. The minimum Gasteiger partial charge on any atom is -0.494 e. The Morgan fingerprint density at radius 3 is 2.90 bits per heavy atom. The first-order chi connectivity index (χ1) is 9.67. The van der Waals surface area contributed by atoms with Crippen LogP contribution in [0.3, 0.4) is 0 Å². The summed E-state index contributed by atoms with van der Waals surface area (Å²) in [5, 5.41) is 5.83. The summed E-state index contributed by atoms with van der Waals surface area (Å²) >= 11 is 0. The highest BCUT2D eigenvalue weighted by atomic mass is 16.5. The normalized spacial score (nSPS) is 11.9. The number of unbranched alkanes of at least 4 members (excludes halogenated alkanes) is 1. The molecule has 0 aromatic heterocycles. The van der Waals surface area contributed by atoms with Crippen LogP contribution in [0.2, 0.25) is 0 Å². The zero-order valence-electron chi connectivity index (χ0n) is 12.7. The predicted molar refractivity (Wildman–Crippen MR) is 82.1 cm³/mol. The van der Waals surface area contributed by atoms with Gasteiger partial charge in [-0.05, 0) is 44.0 Å². The van der Waals surface area contributed by atoms with E-state index in [1.165, 1.54) is 5.56 Å². The second-order valence-electron chi connectivity index (χ2n) is 4.89. The van der Waals surface area contributed by atoms with E-state index in [0.29, 0.717) is 0 Å². The predicted octanol–water partition coefficient (Wildman–Crippen LogP) is 2.13. The Hall–Kier alpha value is -1.55. The molecule has 0 fully saturated rings. The van der Waals surface area contributed by atoms with E-state index < -0.39 is 0 Å². The Morgan fingerprint density at radius 2 is 2.20 bits per heavy atom. The van der Waals surface area contributed by atoms with Gasteiger partial charge in [-0.3, -0.25) is 4.79 Å². The number of benzene rings is 1. The average molecular weight is 278 g/mol. The quantitative estimate of drug-likeness (QED) is 0.680. The van der Waals surface area contributed by atoms with Crippen LogP contribution < -0.4 is 15.4 Å². The summed E-state index contributed by atoms with van der Waals surface area (Å²) in [7, 11) is 1.65. The van der Waals surface area contributed by atoms with Crippen LogP contribution in [0.25, 0.3) is 0 Å². The minimum atomic E-state index is -0.163. The summed E-state index contributed by atoms with van der Waals surface area (Å²) < 4.78 is 5.69. The zero-order chi connectivity index (χ0) is 14.8. The third-order valence-electron chi connectivity index (χ3n) is 3.17. The minimum absolute atomic E-state index is 0.0154. The lowest BCUT2D eigenvalue weighted by Crippen LogP contribution is -2.41. The van der Waals surface area contributed by atoms with Gasteiger partial charge in [0.2, 0.25) is 5.91 Å². The highest BCUT2D eigenvalue weighted by Gasteiger charge is 2.08. The number of hydrogen-bond acceptors (Lipinski definition) is 3. The molecular weight excluding hydrogens is 252 g/mol. The summed E-state index contributed by atoms with van der Waals surface area (Å²) in [6.07, 6.45) is 3.10. The molecular formula is C16H26N2O2.